The molecule has 0 radical (unpaired) electrons. The van der Waals surface area contributed by atoms with E-state index in [-0.39, 0.29) is 11.6 Å². The minimum Gasteiger partial charge on any atom is -0.335 e. The van der Waals surface area contributed by atoms with Gasteiger partial charge in [-0.1, -0.05) is 42.7 Å². The van der Waals surface area contributed by atoms with Crippen molar-refractivity contribution >= 4 is 34.6 Å². The van der Waals surface area contributed by atoms with Gasteiger partial charge < -0.3 is 5.32 Å². The smallest absolute Gasteiger partial charge is 0.321 e. The predicted molar refractivity (Wildman–Crippen MR) is 111 cm³/mol. The van der Waals surface area contributed by atoms with Crippen LogP contribution < -0.4 is 16.2 Å². The summed E-state index contributed by atoms with van der Waals surface area (Å²) < 4.78 is 1.44. The number of fused-ring (bicyclic) bond motifs is 1. The molecule has 1 unspecified atom stereocenters. The van der Waals surface area contributed by atoms with E-state index in [4.69, 9.17) is 0 Å². The SMILES string of the molecule is Cc1ccc2nc(SC(C)C(=O)NC(=O)NC3CCCCC3)n(C)c(=O)c2c1. The maximum atomic E-state index is 12.6. The standard InChI is InChI=1S/C20H26N4O3S/c1-12-9-10-16-15(11-12)18(26)24(3)20(22-16)28-13(2)17(25)23-19(27)21-14-7-5-4-6-8-14/h9-11,13-14H,4-8H2,1-3H3,(H2,21,23,25,27). The van der Waals surface area contributed by atoms with Gasteiger partial charge in [-0.3, -0.25) is 19.5 Å². The van der Waals surface area contributed by atoms with Crippen molar-refractivity contribution in [1.82, 2.24) is 20.2 Å². The molecule has 3 rings (SSSR count). The third-order valence-corrected chi connectivity index (χ3v) is 6.16. The van der Waals surface area contributed by atoms with Gasteiger partial charge in [0.05, 0.1) is 16.2 Å². The highest BCUT2D eigenvalue weighted by molar-refractivity contribution is 8.00. The lowest BCUT2D eigenvalue weighted by Crippen LogP contribution is -2.47. The van der Waals surface area contributed by atoms with Crippen molar-refractivity contribution in [3.63, 3.8) is 0 Å². The number of aryl methyl sites for hydroxylation is 1. The third-order valence-electron chi connectivity index (χ3n) is 5.02. The Kier molecular flexibility index (Phi) is 6.39. The van der Waals surface area contributed by atoms with Crippen LogP contribution >= 0.6 is 11.8 Å². The number of rotatable bonds is 4. The average Bonchev–Trinajstić information content (AvgIpc) is 2.67. The molecule has 0 saturated heterocycles. The van der Waals surface area contributed by atoms with Crippen molar-refractivity contribution in [2.75, 3.05) is 0 Å². The first-order chi connectivity index (χ1) is 13.3. The van der Waals surface area contributed by atoms with Crippen LogP contribution in [0.1, 0.15) is 44.6 Å². The number of amides is 3. The molecule has 0 aliphatic heterocycles. The third kappa shape index (κ3) is 4.73. The van der Waals surface area contributed by atoms with Gasteiger partial charge in [-0.2, -0.15) is 0 Å². The predicted octanol–water partition coefficient (Wildman–Crippen LogP) is 2.88. The van der Waals surface area contributed by atoms with Crippen molar-refractivity contribution in [1.29, 1.82) is 0 Å². The first kappa shape index (κ1) is 20.4. The van der Waals surface area contributed by atoms with E-state index in [2.05, 4.69) is 15.6 Å². The lowest BCUT2D eigenvalue weighted by atomic mass is 9.96. The molecule has 0 bridgehead atoms. The van der Waals surface area contributed by atoms with Crippen LogP contribution in [-0.4, -0.2) is 32.8 Å². The molecule has 1 saturated carbocycles. The zero-order valence-electron chi connectivity index (χ0n) is 16.4. The van der Waals surface area contributed by atoms with Gasteiger partial charge in [0.1, 0.15) is 0 Å². The van der Waals surface area contributed by atoms with E-state index in [9.17, 15) is 14.4 Å². The summed E-state index contributed by atoms with van der Waals surface area (Å²) in [5, 5.41) is 5.69. The second-order valence-electron chi connectivity index (χ2n) is 7.34. The highest BCUT2D eigenvalue weighted by Crippen LogP contribution is 2.22. The van der Waals surface area contributed by atoms with Gasteiger partial charge in [0.25, 0.3) is 5.56 Å². The molecule has 2 aromatic rings. The van der Waals surface area contributed by atoms with Crippen LogP contribution in [0.4, 0.5) is 4.79 Å². The molecular formula is C20H26N4O3S. The Bertz CT molecular complexity index is 950. The first-order valence-electron chi connectivity index (χ1n) is 9.60. The van der Waals surface area contributed by atoms with Gasteiger partial charge in [-0.25, -0.2) is 9.78 Å². The van der Waals surface area contributed by atoms with E-state index < -0.39 is 17.2 Å². The van der Waals surface area contributed by atoms with Gasteiger partial charge >= 0.3 is 6.03 Å². The van der Waals surface area contributed by atoms with Crippen molar-refractivity contribution < 1.29 is 9.59 Å². The monoisotopic (exact) mass is 402 g/mol. The first-order valence-corrected chi connectivity index (χ1v) is 10.5. The molecule has 3 amide bonds. The lowest BCUT2D eigenvalue weighted by Gasteiger charge is -2.23. The molecular weight excluding hydrogens is 376 g/mol. The van der Waals surface area contributed by atoms with Gasteiger partial charge in [-0.05, 0) is 38.8 Å². The van der Waals surface area contributed by atoms with Gasteiger partial charge in [0.2, 0.25) is 5.91 Å². The summed E-state index contributed by atoms with van der Waals surface area (Å²) in [5.74, 6) is -0.406. The number of carbonyl (C=O) groups excluding carboxylic acids is 2. The van der Waals surface area contributed by atoms with Gasteiger partial charge in [0.15, 0.2) is 5.16 Å². The fraction of sp³-hybridized carbons (Fsp3) is 0.500. The van der Waals surface area contributed by atoms with Crippen molar-refractivity contribution in [2.24, 2.45) is 7.05 Å². The number of hydrogen-bond donors (Lipinski definition) is 2. The number of nitrogens with one attached hydrogen (secondary N) is 2. The Morgan fingerprint density at radius 2 is 1.96 bits per heavy atom. The second-order valence-corrected chi connectivity index (χ2v) is 8.64. The molecule has 28 heavy (non-hydrogen) atoms. The van der Waals surface area contributed by atoms with Crippen LogP contribution in [0, 0.1) is 6.92 Å². The number of thioether (sulfide) groups is 1. The van der Waals surface area contributed by atoms with Crippen molar-refractivity contribution in [3.8, 4) is 0 Å². The molecule has 1 aromatic heterocycles. The number of benzene rings is 1. The summed E-state index contributed by atoms with van der Waals surface area (Å²) >= 11 is 1.16. The molecule has 1 aliphatic rings. The molecule has 1 aromatic carbocycles. The number of carbonyl (C=O) groups is 2. The quantitative estimate of drug-likeness (QED) is 0.606. The Hall–Kier alpha value is -2.35. The minimum atomic E-state index is -0.571. The Labute approximate surface area is 168 Å². The van der Waals surface area contributed by atoms with Crippen LogP contribution in [0.5, 0.6) is 0 Å². The molecule has 2 N–H and O–H groups in total. The van der Waals surface area contributed by atoms with Crippen LogP contribution in [0.3, 0.4) is 0 Å². The molecule has 1 atom stereocenters. The molecule has 1 heterocycles. The number of urea groups is 1. The zero-order valence-corrected chi connectivity index (χ0v) is 17.3. The summed E-state index contributed by atoms with van der Waals surface area (Å²) in [6.07, 6.45) is 5.31. The fourth-order valence-electron chi connectivity index (χ4n) is 3.36. The second kappa shape index (κ2) is 8.77. The van der Waals surface area contributed by atoms with E-state index in [0.29, 0.717) is 16.1 Å². The molecule has 1 aliphatic carbocycles. The van der Waals surface area contributed by atoms with Gasteiger partial charge in [-0.15, -0.1) is 0 Å². The number of nitrogens with zero attached hydrogens (tertiary/aromatic N) is 2. The molecule has 7 nitrogen and oxygen atoms in total. The number of aromatic nitrogens is 2. The number of hydrogen-bond acceptors (Lipinski definition) is 5. The van der Waals surface area contributed by atoms with Crippen LogP contribution in [0.25, 0.3) is 10.9 Å². The van der Waals surface area contributed by atoms with Crippen LogP contribution in [0.15, 0.2) is 28.2 Å². The number of imide groups is 1. The van der Waals surface area contributed by atoms with Crippen molar-refractivity contribution in [2.45, 2.75) is 62.4 Å². The lowest BCUT2D eigenvalue weighted by molar-refractivity contribution is -0.119. The maximum absolute atomic E-state index is 12.6. The fourth-order valence-corrected chi connectivity index (χ4v) is 4.24. The van der Waals surface area contributed by atoms with E-state index in [0.717, 1.165) is 43.0 Å². The highest BCUT2D eigenvalue weighted by Gasteiger charge is 2.22. The average molecular weight is 403 g/mol. The summed E-state index contributed by atoms with van der Waals surface area (Å²) in [4.78, 5) is 41.6. The zero-order chi connectivity index (χ0) is 20.3. The largest absolute Gasteiger partial charge is 0.335 e. The van der Waals surface area contributed by atoms with E-state index in [1.807, 2.05) is 19.1 Å². The normalized spacial score (nSPS) is 16.0. The summed E-state index contributed by atoms with van der Waals surface area (Å²) in [7, 11) is 1.64. The summed E-state index contributed by atoms with van der Waals surface area (Å²) in [6.45, 7) is 3.62. The topological polar surface area (TPSA) is 93.1 Å². The maximum Gasteiger partial charge on any atom is 0.321 e. The van der Waals surface area contributed by atoms with Crippen molar-refractivity contribution in [3.05, 3.63) is 34.1 Å². The van der Waals surface area contributed by atoms with E-state index in [1.54, 1.807) is 20.0 Å². The molecule has 150 valence electrons. The van der Waals surface area contributed by atoms with Gasteiger partial charge in [0, 0.05) is 13.1 Å². The van der Waals surface area contributed by atoms with E-state index in [1.165, 1.54) is 11.0 Å². The Morgan fingerprint density at radius 1 is 1.25 bits per heavy atom. The Morgan fingerprint density at radius 3 is 2.68 bits per heavy atom. The molecule has 8 heteroatoms. The van der Waals surface area contributed by atoms with E-state index >= 15 is 0 Å². The van der Waals surface area contributed by atoms with Crippen LogP contribution in [0.2, 0.25) is 0 Å². The van der Waals surface area contributed by atoms with Crippen LogP contribution in [-0.2, 0) is 11.8 Å². The molecule has 1 fully saturated rings. The minimum absolute atomic E-state index is 0.135. The Balaban J connectivity index is 1.66. The summed E-state index contributed by atoms with van der Waals surface area (Å²) in [6, 6.07) is 5.19. The molecule has 0 spiro atoms. The summed E-state index contributed by atoms with van der Waals surface area (Å²) in [5.41, 5.74) is 1.43. The highest BCUT2D eigenvalue weighted by atomic mass is 32.2.